The van der Waals surface area contributed by atoms with E-state index in [1.54, 1.807) is 20.8 Å². The standard InChI is InChI=1S/C11H11ClF2O/c1-11(2,3)10(15)6-4-8(13)9(14)5-7(6)12/h4-5H,1-3H3. The van der Waals surface area contributed by atoms with Crippen LogP contribution in [0.15, 0.2) is 12.1 Å². The van der Waals surface area contributed by atoms with Gasteiger partial charge in [0.1, 0.15) is 0 Å². The van der Waals surface area contributed by atoms with Crippen LogP contribution in [0.3, 0.4) is 0 Å². The molecule has 0 unspecified atom stereocenters. The Morgan fingerprint density at radius 1 is 1.20 bits per heavy atom. The molecule has 1 rings (SSSR count). The molecule has 0 radical (unpaired) electrons. The van der Waals surface area contributed by atoms with Crippen molar-refractivity contribution in [3.63, 3.8) is 0 Å². The number of ketones is 1. The summed E-state index contributed by atoms with van der Waals surface area (Å²) < 4.78 is 25.7. The van der Waals surface area contributed by atoms with Crippen LogP contribution < -0.4 is 0 Å². The molecule has 0 amide bonds. The predicted molar refractivity (Wildman–Crippen MR) is 55.2 cm³/mol. The second-order valence-corrected chi connectivity index (χ2v) is 4.73. The van der Waals surface area contributed by atoms with Crippen molar-refractivity contribution in [3.8, 4) is 0 Å². The van der Waals surface area contributed by atoms with E-state index in [1.165, 1.54) is 0 Å². The number of hydrogen-bond acceptors (Lipinski definition) is 1. The van der Waals surface area contributed by atoms with Crippen molar-refractivity contribution in [1.82, 2.24) is 0 Å². The highest BCUT2D eigenvalue weighted by Crippen LogP contribution is 2.27. The summed E-state index contributed by atoms with van der Waals surface area (Å²) in [4.78, 5) is 11.8. The smallest absolute Gasteiger partial charge is 0.169 e. The van der Waals surface area contributed by atoms with Crippen molar-refractivity contribution in [2.75, 3.05) is 0 Å². The number of benzene rings is 1. The molecule has 0 fully saturated rings. The Hall–Kier alpha value is -0.960. The Kier molecular flexibility index (Phi) is 3.14. The fourth-order valence-corrected chi connectivity index (χ4v) is 1.34. The molecule has 1 aromatic carbocycles. The van der Waals surface area contributed by atoms with E-state index in [2.05, 4.69) is 0 Å². The quantitative estimate of drug-likeness (QED) is 0.531. The van der Waals surface area contributed by atoms with Gasteiger partial charge in [-0.3, -0.25) is 4.79 Å². The number of rotatable bonds is 1. The van der Waals surface area contributed by atoms with Crippen LogP contribution in [-0.4, -0.2) is 5.78 Å². The molecule has 0 aliphatic carbocycles. The van der Waals surface area contributed by atoms with E-state index in [4.69, 9.17) is 11.6 Å². The molecule has 0 saturated carbocycles. The van der Waals surface area contributed by atoms with Gasteiger partial charge in [-0.05, 0) is 12.1 Å². The molecule has 0 saturated heterocycles. The van der Waals surface area contributed by atoms with Gasteiger partial charge in [-0.25, -0.2) is 8.78 Å². The Labute approximate surface area is 92.1 Å². The number of hydrogen-bond donors (Lipinski definition) is 0. The first kappa shape index (κ1) is 12.1. The molecule has 15 heavy (non-hydrogen) atoms. The predicted octanol–water partition coefficient (Wildman–Crippen LogP) is 3.85. The molecular weight excluding hydrogens is 222 g/mol. The van der Waals surface area contributed by atoms with Gasteiger partial charge in [-0.1, -0.05) is 32.4 Å². The summed E-state index contributed by atoms with van der Waals surface area (Å²) in [6.07, 6.45) is 0. The van der Waals surface area contributed by atoms with Crippen molar-refractivity contribution in [1.29, 1.82) is 0 Å². The van der Waals surface area contributed by atoms with Crippen LogP contribution in [0.2, 0.25) is 5.02 Å². The Balaban J connectivity index is 3.28. The topological polar surface area (TPSA) is 17.1 Å². The molecule has 0 heterocycles. The third-order valence-electron chi connectivity index (χ3n) is 1.94. The third-order valence-corrected chi connectivity index (χ3v) is 2.25. The van der Waals surface area contributed by atoms with Crippen LogP contribution in [0.1, 0.15) is 31.1 Å². The van der Waals surface area contributed by atoms with Crippen LogP contribution in [0.5, 0.6) is 0 Å². The van der Waals surface area contributed by atoms with Gasteiger partial charge >= 0.3 is 0 Å². The maximum atomic E-state index is 12.9. The first-order valence-electron chi connectivity index (χ1n) is 4.43. The van der Waals surface area contributed by atoms with E-state index in [-0.39, 0.29) is 16.4 Å². The molecule has 0 aliphatic heterocycles. The molecule has 0 aromatic heterocycles. The summed E-state index contributed by atoms with van der Waals surface area (Å²) in [5.41, 5.74) is -0.656. The van der Waals surface area contributed by atoms with Crippen molar-refractivity contribution >= 4 is 17.4 Å². The molecule has 1 nitrogen and oxygen atoms in total. The SMILES string of the molecule is CC(C)(C)C(=O)c1cc(F)c(F)cc1Cl. The zero-order valence-electron chi connectivity index (χ0n) is 8.70. The lowest BCUT2D eigenvalue weighted by Gasteiger charge is -2.17. The first-order valence-corrected chi connectivity index (χ1v) is 4.80. The number of halogens is 3. The lowest BCUT2D eigenvalue weighted by Crippen LogP contribution is -2.20. The normalized spacial score (nSPS) is 11.6. The summed E-state index contributed by atoms with van der Waals surface area (Å²) >= 11 is 5.67. The van der Waals surface area contributed by atoms with Gasteiger partial charge in [0, 0.05) is 11.0 Å². The summed E-state index contributed by atoms with van der Waals surface area (Å²) in [5, 5.41) is -0.0613. The number of carbonyl (C=O) groups is 1. The minimum atomic E-state index is -1.06. The highest BCUT2D eigenvalue weighted by molar-refractivity contribution is 6.34. The van der Waals surface area contributed by atoms with Gasteiger partial charge < -0.3 is 0 Å². The molecule has 0 aliphatic rings. The number of carbonyl (C=O) groups excluding carboxylic acids is 1. The molecule has 4 heteroatoms. The minimum Gasteiger partial charge on any atom is -0.294 e. The summed E-state index contributed by atoms with van der Waals surface area (Å²) in [7, 11) is 0. The Morgan fingerprint density at radius 2 is 1.67 bits per heavy atom. The van der Waals surface area contributed by atoms with E-state index >= 15 is 0 Å². The second-order valence-electron chi connectivity index (χ2n) is 4.33. The van der Waals surface area contributed by atoms with Crippen molar-refractivity contribution < 1.29 is 13.6 Å². The van der Waals surface area contributed by atoms with E-state index in [0.717, 1.165) is 12.1 Å². The van der Waals surface area contributed by atoms with Crippen LogP contribution in [-0.2, 0) is 0 Å². The van der Waals surface area contributed by atoms with Crippen LogP contribution >= 0.6 is 11.6 Å². The van der Waals surface area contributed by atoms with E-state index in [9.17, 15) is 13.6 Å². The fourth-order valence-electron chi connectivity index (χ4n) is 1.10. The molecule has 0 spiro atoms. The van der Waals surface area contributed by atoms with Crippen LogP contribution in [0, 0.1) is 17.0 Å². The lowest BCUT2D eigenvalue weighted by atomic mass is 9.86. The van der Waals surface area contributed by atoms with Gasteiger partial charge in [0.05, 0.1) is 5.02 Å². The third kappa shape index (κ3) is 2.53. The second kappa shape index (κ2) is 3.89. The van der Waals surface area contributed by atoms with E-state index in [1.807, 2.05) is 0 Å². The van der Waals surface area contributed by atoms with Gasteiger partial charge in [-0.2, -0.15) is 0 Å². The lowest BCUT2D eigenvalue weighted by molar-refractivity contribution is 0.0858. The van der Waals surface area contributed by atoms with E-state index < -0.39 is 17.0 Å². The summed E-state index contributed by atoms with van der Waals surface area (Å²) in [6.45, 7) is 5.06. The van der Waals surface area contributed by atoms with Crippen molar-refractivity contribution in [3.05, 3.63) is 34.4 Å². The first-order chi connectivity index (χ1) is 6.73. The van der Waals surface area contributed by atoms with Gasteiger partial charge in [-0.15, -0.1) is 0 Å². The fraction of sp³-hybridized carbons (Fsp3) is 0.364. The number of Topliss-reactive ketones (excluding diaryl/α,β-unsaturated/α-hetero) is 1. The van der Waals surface area contributed by atoms with Crippen molar-refractivity contribution in [2.45, 2.75) is 20.8 Å². The van der Waals surface area contributed by atoms with Crippen LogP contribution in [0.4, 0.5) is 8.78 Å². The maximum absolute atomic E-state index is 12.9. The van der Waals surface area contributed by atoms with Crippen molar-refractivity contribution in [2.24, 2.45) is 5.41 Å². The highest BCUT2D eigenvalue weighted by atomic mass is 35.5. The summed E-state index contributed by atoms with van der Waals surface area (Å²) in [5.74, 6) is -2.43. The molecule has 1 aromatic rings. The maximum Gasteiger partial charge on any atom is 0.169 e. The Morgan fingerprint density at radius 3 is 2.13 bits per heavy atom. The monoisotopic (exact) mass is 232 g/mol. The molecule has 82 valence electrons. The molecule has 0 N–H and O–H groups in total. The largest absolute Gasteiger partial charge is 0.294 e. The molecular formula is C11H11ClF2O. The Bertz CT molecular complexity index is 408. The van der Waals surface area contributed by atoms with Crippen LogP contribution in [0.25, 0.3) is 0 Å². The average molecular weight is 233 g/mol. The van der Waals surface area contributed by atoms with Gasteiger partial charge in [0.2, 0.25) is 0 Å². The summed E-state index contributed by atoms with van der Waals surface area (Å²) in [6, 6.07) is 1.65. The zero-order chi connectivity index (χ0) is 11.8. The zero-order valence-corrected chi connectivity index (χ0v) is 9.45. The van der Waals surface area contributed by atoms with Gasteiger partial charge in [0.25, 0.3) is 0 Å². The molecule has 0 bridgehead atoms. The average Bonchev–Trinajstić information content (AvgIpc) is 2.08. The van der Waals surface area contributed by atoms with Gasteiger partial charge in [0.15, 0.2) is 17.4 Å². The minimum absolute atomic E-state index is 0.0167. The highest BCUT2D eigenvalue weighted by Gasteiger charge is 2.26. The molecule has 0 atom stereocenters. The van der Waals surface area contributed by atoms with E-state index in [0.29, 0.717) is 0 Å².